The summed E-state index contributed by atoms with van der Waals surface area (Å²) < 4.78 is 27.7. The summed E-state index contributed by atoms with van der Waals surface area (Å²) in [6, 6.07) is 4.77. The molecule has 1 aromatic rings. The van der Waals surface area contributed by atoms with Crippen molar-refractivity contribution in [3.8, 4) is 0 Å². The fourth-order valence-electron chi connectivity index (χ4n) is 2.60. The van der Waals surface area contributed by atoms with Crippen molar-refractivity contribution < 1.29 is 8.42 Å². The van der Waals surface area contributed by atoms with E-state index in [2.05, 4.69) is 25.5 Å². The Kier molecular flexibility index (Phi) is 4.56. The fourth-order valence-corrected chi connectivity index (χ4v) is 4.10. The Bertz CT molecular complexity index is 584. The summed E-state index contributed by atoms with van der Waals surface area (Å²) in [5.74, 6) is 0. The molecule has 5 heteroatoms. The molecule has 0 amide bonds. The van der Waals surface area contributed by atoms with Crippen LogP contribution in [0.2, 0.25) is 0 Å². The van der Waals surface area contributed by atoms with Crippen LogP contribution in [0, 0.1) is 12.3 Å². The smallest absolute Gasteiger partial charge is 0.241 e. The fraction of sp³-hybridized carbons (Fsp3) is 0.600. The van der Waals surface area contributed by atoms with Crippen molar-refractivity contribution >= 4 is 15.7 Å². The van der Waals surface area contributed by atoms with E-state index in [0.717, 1.165) is 12.0 Å². The molecule has 0 heterocycles. The molecular formula is C15H26N2O2S. The first kappa shape index (κ1) is 17.0. The van der Waals surface area contributed by atoms with Crippen molar-refractivity contribution in [1.29, 1.82) is 0 Å². The Hall–Kier alpha value is -1.07. The molecule has 0 aromatic heterocycles. The van der Waals surface area contributed by atoms with E-state index in [1.165, 1.54) is 6.07 Å². The van der Waals surface area contributed by atoms with Crippen molar-refractivity contribution in [1.82, 2.24) is 4.72 Å². The van der Waals surface area contributed by atoms with Gasteiger partial charge in [-0.3, -0.25) is 0 Å². The highest BCUT2D eigenvalue weighted by Gasteiger charge is 2.30. The lowest BCUT2D eigenvalue weighted by molar-refractivity contribution is 0.269. The van der Waals surface area contributed by atoms with Gasteiger partial charge in [0.2, 0.25) is 10.0 Å². The number of sulfonamides is 1. The van der Waals surface area contributed by atoms with Crippen molar-refractivity contribution in [3.05, 3.63) is 23.8 Å². The summed E-state index contributed by atoms with van der Waals surface area (Å²) in [7, 11) is -3.54. The zero-order valence-electron chi connectivity index (χ0n) is 13.2. The van der Waals surface area contributed by atoms with Gasteiger partial charge in [0, 0.05) is 11.2 Å². The third kappa shape index (κ3) is 4.80. The van der Waals surface area contributed by atoms with Crippen molar-refractivity contribution in [2.24, 2.45) is 5.41 Å². The van der Waals surface area contributed by atoms with Gasteiger partial charge in [-0.05, 0) is 56.4 Å². The molecule has 20 heavy (non-hydrogen) atoms. The lowest BCUT2D eigenvalue weighted by Crippen LogP contribution is -2.45. The molecular weight excluding hydrogens is 272 g/mol. The first-order valence-electron chi connectivity index (χ1n) is 6.73. The Morgan fingerprint density at radius 2 is 1.70 bits per heavy atom. The van der Waals surface area contributed by atoms with Crippen LogP contribution in [0.5, 0.6) is 0 Å². The van der Waals surface area contributed by atoms with E-state index in [1.54, 1.807) is 19.1 Å². The van der Waals surface area contributed by atoms with E-state index >= 15 is 0 Å². The van der Waals surface area contributed by atoms with Crippen molar-refractivity contribution in [3.63, 3.8) is 0 Å². The van der Waals surface area contributed by atoms with Gasteiger partial charge in [-0.2, -0.15) is 0 Å². The van der Waals surface area contributed by atoms with Crippen LogP contribution < -0.4 is 10.5 Å². The standard InChI is InChI=1S/C15H26N2O2S/c1-11-9-12(7-8-13(11)16)20(18,19)17-15(5,6)10-14(2,3)4/h7-9,17H,10,16H2,1-6H3. The van der Waals surface area contributed by atoms with Crippen LogP contribution in [0.15, 0.2) is 23.1 Å². The third-order valence-corrected chi connectivity index (χ3v) is 4.63. The SMILES string of the molecule is Cc1cc(S(=O)(=O)NC(C)(C)CC(C)(C)C)ccc1N. The molecule has 4 nitrogen and oxygen atoms in total. The summed E-state index contributed by atoms with van der Waals surface area (Å²) in [6.45, 7) is 11.9. The monoisotopic (exact) mass is 298 g/mol. The highest BCUT2D eigenvalue weighted by molar-refractivity contribution is 7.89. The molecule has 0 saturated carbocycles. The normalized spacial score (nSPS) is 13.5. The lowest BCUT2D eigenvalue weighted by atomic mass is 9.82. The third-order valence-electron chi connectivity index (χ3n) is 2.93. The number of nitrogen functional groups attached to an aromatic ring is 1. The number of benzene rings is 1. The molecule has 0 spiro atoms. The van der Waals surface area contributed by atoms with Crippen LogP contribution >= 0.6 is 0 Å². The number of aryl methyl sites for hydroxylation is 1. The van der Waals surface area contributed by atoms with Gasteiger partial charge < -0.3 is 5.73 Å². The molecule has 1 rings (SSSR count). The molecule has 0 aliphatic carbocycles. The van der Waals surface area contributed by atoms with E-state index in [-0.39, 0.29) is 10.3 Å². The number of nitrogens with one attached hydrogen (secondary N) is 1. The molecule has 0 aliphatic heterocycles. The topological polar surface area (TPSA) is 72.2 Å². The second-order valence-electron chi connectivity index (χ2n) is 7.25. The van der Waals surface area contributed by atoms with E-state index in [1.807, 2.05) is 13.8 Å². The maximum atomic E-state index is 12.4. The average molecular weight is 298 g/mol. The van der Waals surface area contributed by atoms with Gasteiger partial charge >= 0.3 is 0 Å². The minimum Gasteiger partial charge on any atom is -0.399 e. The molecule has 0 unspecified atom stereocenters. The molecule has 114 valence electrons. The number of nitrogens with two attached hydrogens (primary N) is 1. The van der Waals surface area contributed by atoms with Crippen molar-refractivity contribution in [2.75, 3.05) is 5.73 Å². The van der Waals surface area contributed by atoms with Gasteiger partial charge in [0.1, 0.15) is 0 Å². The molecule has 0 saturated heterocycles. The van der Waals surface area contributed by atoms with Gasteiger partial charge in [0.25, 0.3) is 0 Å². The predicted molar refractivity (Wildman–Crippen MR) is 84.1 cm³/mol. The average Bonchev–Trinajstić information content (AvgIpc) is 2.16. The van der Waals surface area contributed by atoms with E-state index in [4.69, 9.17) is 5.73 Å². The maximum absolute atomic E-state index is 12.4. The number of anilines is 1. The van der Waals surface area contributed by atoms with Crippen LogP contribution in [-0.2, 0) is 10.0 Å². The number of rotatable bonds is 4. The van der Waals surface area contributed by atoms with Crippen LogP contribution in [-0.4, -0.2) is 14.0 Å². The van der Waals surface area contributed by atoms with E-state index in [9.17, 15) is 8.42 Å². The first-order chi connectivity index (χ1) is 8.82. The van der Waals surface area contributed by atoms with Gasteiger partial charge in [0.15, 0.2) is 0 Å². The van der Waals surface area contributed by atoms with Gasteiger partial charge in [-0.1, -0.05) is 20.8 Å². The molecule has 3 N–H and O–H groups in total. The molecule has 0 radical (unpaired) electrons. The predicted octanol–water partition coefficient (Wildman–Crippen LogP) is 3.07. The zero-order valence-corrected chi connectivity index (χ0v) is 14.1. The zero-order chi connectivity index (χ0) is 15.8. The summed E-state index contributed by atoms with van der Waals surface area (Å²) >= 11 is 0. The highest BCUT2D eigenvalue weighted by atomic mass is 32.2. The first-order valence-corrected chi connectivity index (χ1v) is 8.21. The molecule has 0 fully saturated rings. The van der Waals surface area contributed by atoms with Crippen LogP contribution in [0.1, 0.15) is 46.6 Å². The summed E-state index contributed by atoms with van der Waals surface area (Å²) in [6.07, 6.45) is 0.743. The Morgan fingerprint density at radius 3 is 2.15 bits per heavy atom. The minimum absolute atomic E-state index is 0.0447. The molecule has 1 aromatic carbocycles. The lowest BCUT2D eigenvalue weighted by Gasteiger charge is -2.33. The van der Waals surface area contributed by atoms with Crippen LogP contribution in [0.3, 0.4) is 0 Å². The summed E-state index contributed by atoms with van der Waals surface area (Å²) in [5, 5.41) is 0. The second kappa shape index (κ2) is 5.37. The molecule has 0 aliphatic rings. The van der Waals surface area contributed by atoms with Gasteiger partial charge in [0.05, 0.1) is 4.90 Å². The number of hydrogen-bond donors (Lipinski definition) is 2. The number of hydrogen-bond acceptors (Lipinski definition) is 3. The van der Waals surface area contributed by atoms with Gasteiger partial charge in [-0.25, -0.2) is 13.1 Å². The quantitative estimate of drug-likeness (QED) is 0.839. The van der Waals surface area contributed by atoms with Crippen molar-refractivity contribution in [2.45, 2.75) is 58.4 Å². The highest BCUT2D eigenvalue weighted by Crippen LogP contribution is 2.28. The molecule has 0 atom stereocenters. The molecule has 0 bridgehead atoms. The van der Waals surface area contributed by atoms with Crippen LogP contribution in [0.4, 0.5) is 5.69 Å². The Balaban J connectivity index is 3.03. The largest absolute Gasteiger partial charge is 0.399 e. The minimum atomic E-state index is -3.54. The summed E-state index contributed by atoms with van der Waals surface area (Å²) in [5.41, 5.74) is 6.62. The maximum Gasteiger partial charge on any atom is 0.241 e. The Labute approximate surface area is 122 Å². The van der Waals surface area contributed by atoms with Gasteiger partial charge in [-0.15, -0.1) is 0 Å². The van der Waals surface area contributed by atoms with E-state index in [0.29, 0.717) is 5.69 Å². The second-order valence-corrected chi connectivity index (χ2v) is 8.93. The van der Waals surface area contributed by atoms with Crippen LogP contribution in [0.25, 0.3) is 0 Å². The van der Waals surface area contributed by atoms with E-state index < -0.39 is 15.6 Å². The summed E-state index contributed by atoms with van der Waals surface area (Å²) in [4.78, 5) is 0.256. The Morgan fingerprint density at radius 1 is 1.15 bits per heavy atom.